The SMILES string of the molecule is Fc1ccccc1[C@@H]1c2ccccc2[C@H]2NCCC[C@@H]12. The summed E-state index contributed by atoms with van der Waals surface area (Å²) < 4.78 is 14.3. The van der Waals surface area contributed by atoms with Gasteiger partial charge in [-0.15, -0.1) is 0 Å². The van der Waals surface area contributed by atoms with Crippen LogP contribution in [0.1, 0.15) is 41.5 Å². The number of hydrogen-bond donors (Lipinski definition) is 1. The quantitative estimate of drug-likeness (QED) is 0.823. The van der Waals surface area contributed by atoms with Crippen LogP contribution in [0.5, 0.6) is 0 Å². The highest BCUT2D eigenvalue weighted by atomic mass is 19.1. The van der Waals surface area contributed by atoms with Crippen LogP contribution < -0.4 is 5.32 Å². The summed E-state index contributed by atoms with van der Waals surface area (Å²) >= 11 is 0. The van der Waals surface area contributed by atoms with Crippen molar-refractivity contribution < 1.29 is 4.39 Å². The van der Waals surface area contributed by atoms with E-state index in [1.165, 1.54) is 24.0 Å². The maximum absolute atomic E-state index is 14.3. The second kappa shape index (κ2) is 4.71. The molecule has 0 bridgehead atoms. The number of piperidine rings is 1. The maximum atomic E-state index is 14.3. The molecule has 102 valence electrons. The van der Waals surface area contributed by atoms with Crippen molar-refractivity contribution in [1.82, 2.24) is 5.32 Å². The molecule has 1 saturated heterocycles. The van der Waals surface area contributed by atoms with Gasteiger partial charge in [0.2, 0.25) is 0 Å². The molecule has 20 heavy (non-hydrogen) atoms. The molecular weight excluding hydrogens is 249 g/mol. The molecule has 2 aliphatic rings. The molecule has 1 nitrogen and oxygen atoms in total. The number of nitrogens with one attached hydrogen (secondary N) is 1. The Kier molecular flexibility index (Phi) is 2.85. The van der Waals surface area contributed by atoms with E-state index in [9.17, 15) is 4.39 Å². The van der Waals surface area contributed by atoms with E-state index in [1.54, 1.807) is 12.1 Å². The lowest BCUT2D eigenvalue weighted by Gasteiger charge is -2.31. The molecule has 0 saturated carbocycles. The number of fused-ring (bicyclic) bond motifs is 3. The van der Waals surface area contributed by atoms with E-state index in [2.05, 4.69) is 29.6 Å². The minimum Gasteiger partial charge on any atom is -0.310 e. The fourth-order valence-corrected chi connectivity index (χ4v) is 4.05. The highest BCUT2D eigenvalue weighted by Crippen LogP contribution is 2.51. The molecule has 1 fully saturated rings. The first-order valence-electron chi connectivity index (χ1n) is 7.43. The van der Waals surface area contributed by atoms with E-state index in [-0.39, 0.29) is 11.7 Å². The Morgan fingerprint density at radius 3 is 2.40 bits per heavy atom. The van der Waals surface area contributed by atoms with Crippen LogP contribution in [0.4, 0.5) is 4.39 Å². The summed E-state index contributed by atoms with van der Waals surface area (Å²) in [5.74, 6) is 0.613. The van der Waals surface area contributed by atoms with Gasteiger partial charge in [-0.05, 0) is 48.1 Å². The fraction of sp³-hybridized carbons (Fsp3) is 0.333. The lowest BCUT2D eigenvalue weighted by molar-refractivity contribution is 0.284. The topological polar surface area (TPSA) is 12.0 Å². The van der Waals surface area contributed by atoms with Gasteiger partial charge in [0.25, 0.3) is 0 Å². The van der Waals surface area contributed by atoms with Gasteiger partial charge in [0.15, 0.2) is 0 Å². The van der Waals surface area contributed by atoms with Gasteiger partial charge in [-0.1, -0.05) is 42.5 Å². The Bertz CT molecular complexity index is 637. The number of halogens is 1. The molecule has 3 atom stereocenters. The zero-order valence-corrected chi connectivity index (χ0v) is 11.4. The predicted molar refractivity (Wildman–Crippen MR) is 78.2 cm³/mol. The third-order valence-electron chi connectivity index (χ3n) is 4.84. The Balaban J connectivity index is 1.88. The standard InChI is InChI=1S/C18H18FN/c19-16-10-4-3-8-14(16)17-12-6-1-2-7-13(12)18-15(17)9-5-11-20-18/h1-4,6-8,10,15,17-18,20H,5,9,11H2/t15-,17-,18+/m0/s1. The second-order valence-electron chi connectivity index (χ2n) is 5.87. The van der Waals surface area contributed by atoms with Gasteiger partial charge in [0, 0.05) is 12.0 Å². The van der Waals surface area contributed by atoms with Crippen LogP contribution in [-0.4, -0.2) is 6.54 Å². The Labute approximate surface area is 118 Å². The molecular formula is C18H18FN. The third-order valence-corrected chi connectivity index (χ3v) is 4.84. The lowest BCUT2D eigenvalue weighted by Crippen LogP contribution is -2.33. The van der Waals surface area contributed by atoms with Crippen molar-refractivity contribution in [3.8, 4) is 0 Å². The minimum absolute atomic E-state index is 0.0708. The molecule has 0 amide bonds. The van der Waals surface area contributed by atoms with Crippen LogP contribution in [0.15, 0.2) is 48.5 Å². The van der Waals surface area contributed by atoms with Gasteiger partial charge in [0.1, 0.15) is 5.82 Å². The molecule has 1 N–H and O–H groups in total. The van der Waals surface area contributed by atoms with Crippen molar-refractivity contribution in [1.29, 1.82) is 0 Å². The Morgan fingerprint density at radius 1 is 0.900 bits per heavy atom. The smallest absolute Gasteiger partial charge is 0.127 e. The van der Waals surface area contributed by atoms with Crippen LogP contribution in [0.2, 0.25) is 0 Å². The summed E-state index contributed by atoms with van der Waals surface area (Å²) in [5.41, 5.74) is 3.53. The average Bonchev–Trinajstić information content (AvgIpc) is 2.83. The van der Waals surface area contributed by atoms with Gasteiger partial charge in [0.05, 0.1) is 0 Å². The first-order chi connectivity index (χ1) is 9.86. The summed E-state index contributed by atoms with van der Waals surface area (Å²) in [6.07, 6.45) is 2.35. The van der Waals surface area contributed by atoms with Crippen LogP contribution in [-0.2, 0) is 0 Å². The molecule has 0 aromatic heterocycles. The van der Waals surface area contributed by atoms with Crippen molar-refractivity contribution in [3.63, 3.8) is 0 Å². The summed E-state index contributed by atoms with van der Waals surface area (Å²) in [6, 6.07) is 16.2. The summed E-state index contributed by atoms with van der Waals surface area (Å²) in [7, 11) is 0. The minimum atomic E-state index is -0.0708. The molecule has 1 heterocycles. The second-order valence-corrected chi connectivity index (χ2v) is 5.87. The Morgan fingerprint density at radius 2 is 1.60 bits per heavy atom. The van der Waals surface area contributed by atoms with Gasteiger partial charge >= 0.3 is 0 Å². The van der Waals surface area contributed by atoms with Gasteiger partial charge in [-0.3, -0.25) is 0 Å². The van der Waals surface area contributed by atoms with Gasteiger partial charge in [-0.25, -0.2) is 4.39 Å². The first kappa shape index (κ1) is 12.1. The van der Waals surface area contributed by atoms with Gasteiger partial charge < -0.3 is 5.32 Å². The van der Waals surface area contributed by atoms with Crippen molar-refractivity contribution in [2.24, 2.45) is 5.92 Å². The van der Waals surface area contributed by atoms with Crippen LogP contribution in [0.25, 0.3) is 0 Å². The monoisotopic (exact) mass is 267 g/mol. The summed E-state index contributed by atoms with van der Waals surface area (Å²) in [5, 5.41) is 3.63. The van der Waals surface area contributed by atoms with Crippen LogP contribution in [0.3, 0.4) is 0 Å². The van der Waals surface area contributed by atoms with E-state index in [1.807, 2.05) is 12.1 Å². The maximum Gasteiger partial charge on any atom is 0.127 e. The fourth-order valence-electron chi connectivity index (χ4n) is 4.05. The molecule has 4 rings (SSSR count). The third kappa shape index (κ3) is 1.71. The molecule has 1 aliphatic carbocycles. The van der Waals surface area contributed by atoms with Crippen molar-refractivity contribution in [2.75, 3.05) is 6.54 Å². The van der Waals surface area contributed by atoms with E-state index in [4.69, 9.17) is 0 Å². The van der Waals surface area contributed by atoms with Gasteiger partial charge in [-0.2, -0.15) is 0 Å². The summed E-state index contributed by atoms with van der Waals surface area (Å²) in [6.45, 7) is 1.07. The van der Waals surface area contributed by atoms with Crippen molar-refractivity contribution in [3.05, 3.63) is 71.0 Å². The largest absolute Gasteiger partial charge is 0.310 e. The molecule has 2 heteroatoms. The molecule has 0 spiro atoms. The zero-order chi connectivity index (χ0) is 13.5. The summed E-state index contributed by atoms with van der Waals surface area (Å²) in [4.78, 5) is 0. The number of rotatable bonds is 1. The normalized spacial score (nSPS) is 27.9. The molecule has 0 unspecified atom stereocenters. The van der Waals surface area contributed by atoms with E-state index >= 15 is 0 Å². The Hall–Kier alpha value is -1.67. The van der Waals surface area contributed by atoms with E-state index in [0.717, 1.165) is 12.1 Å². The first-order valence-corrected chi connectivity index (χ1v) is 7.43. The molecule has 0 radical (unpaired) electrons. The zero-order valence-electron chi connectivity index (χ0n) is 11.4. The molecule has 2 aromatic carbocycles. The van der Waals surface area contributed by atoms with Crippen molar-refractivity contribution in [2.45, 2.75) is 24.8 Å². The van der Waals surface area contributed by atoms with Crippen LogP contribution >= 0.6 is 0 Å². The number of benzene rings is 2. The van der Waals surface area contributed by atoms with E-state index < -0.39 is 0 Å². The lowest BCUT2D eigenvalue weighted by atomic mass is 9.80. The average molecular weight is 267 g/mol. The highest BCUT2D eigenvalue weighted by Gasteiger charge is 2.42. The highest BCUT2D eigenvalue weighted by molar-refractivity contribution is 5.46. The van der Waals surface area contributed by atoms with E-state index in [0.29, 0.717) is 12.0 Å². The number of hydrogen-bond acceptors (Lipinski definition) is 1. The van der Waals surface area contributed by atoms with Crippen molar-refractivity contribution >= 4 is 0 Å². The predicted octanol–water partition coefficient (Wildman–Crippen LogP) is 4.01. The van der Waals surface area contributed by atoms with Crippen LogP contribution in [0, 0.1) is 11.7 Å². The molecule has 2 aromatic rings. The molecule has 1 aliphatic heterocycles.